The molecule has 0 fully saturated rings. The molecule has 0 amide bonds. The summed E-state index contributed by atoms with van der Waals surface area (Å²) in [6, 6.07) is 13.2. The van der Waals surface area contributed by atoms with E-state index in [0.29, 0.717) is 5.69 Å². The maximum absolute atomic E-state index is 14.8. The van der Waals surface area contributed by atoms with Gasteiger partial charge in [0.05, 0.1) is 11.4 Å². The highest BCUT2D eigenvalue weighted by Crippen LogP contribution is 2.34. The summed E-state index contributed by atoms with van der Waals surface area (Å²) < 4.78 is 28.3. The summed E-state index contributed by atoms with van der Waals surface area (Å²) in [6.45, 7) is 1.86. The van der Waals surface area contributed by atoms with Crippen molar-refractivity contribution < 1.29 is 23.8 Å². The molecule has 1 aliphatic rings. The second kappa shape index (κ2) is 7.61. The molecule has 2 aromatic carbocycles. The van der Waals surface area contributed by atoms with Crippen LogP contribution in [0.1, 0.15) is 27.1 Å². The Morgan fingerprint density at radius 2 is 2.06 bits per heavy atom. The molecule has 2 aromatic heterocycles. The zero-order valence-electron chi connectivity index (χ0n) is 16.6. The van der Waals surface area contributed by atoms with Crippen LogP contribution in [0.5, 0.6) is 16.8 Å². The molecule has 0 bridgehead atoms. The molecule has 11 heteroatoms. The molecular weight excluding hydrogens is 439 g/mol. The number of halogens is 1. The summed E-state index contributed by atoms with van der Waals surface area (Å²) >= 11 is 0.801. The van der Waals surface area contributed by atoms with Crippen molar-refractivity contribution in [2.75, 3.05) is 6.61 Å². The Bertz CT molecular complexity index is 1400. The maximum atomic E-state index is 14.8. The average Bonchev–Trinajstić information content (AvgIpc) is 3.45. The van der Waals surface area contributed by atoms with Crippen molar-refractivity contribution in [3.05, 3.63) is 81.1 Å². The number of ether oxygens (including phenoxy) is 2. The fraction of sp³-hybridized carbons (Fsp3) is 0.143. The lowest BCUT2D eigenvalue weighted by molar-refractivity contribution is 0.0696. The molecule has 3 heterocycles. The molecule has 0 aliphatic carbocycles. The number of hydrogen-bond donors (Lipinski definition) is 1. The smallest absolute Gasteiger partial charge is 0.365 e. The first kappa shape index (κ1) is 19.9. The van der Waals surface area contributed by atoms with E-state index >= 15 is 0 Å². The fourth-order valence-electron chi connectivity index (χ4n) is 3.41. The third kappa shape index (κ3) is 3.32. The first-order valence-corrected chi connectivity index (χ1v) is 10.3. The molecule has 5 rings (SSSR count). The topological polar surface area (TPSA) is 108 Å². The van der Waals surface area contributed by atoms with E-state index in [4.69, 9.17) is 14.6 Å². The van der Waals surface area contributed by atoms with Crippen LogP contribution in [0.15, 0.2) is 53.3 Å². The van der Waals surface area contributed by atoms with Gasteiger partial charge in [0, 0.05) is 6.07 Å². The van der Waals surface area contributed by atoms with Gasteiger partial charge in [-0.2, -0.15) is 4.68 Å². The van der Waals surface area contributed by atoms with Gasteiger partial charge in [-0.15, -0.1) is 5.10 Å². The number of carboxylic acids is 1. The molecule has 0 saturated carbocycles. The van der Waals surface area contributed by atoms with Gasteiger partial charge in [-0.05, 0) is 24.6 Å². The van der Waals surface area contributed by atoms with Crippen molar-refractivity contribution in [1.29, 1.82) is 0 Å². The van der Waals surface area contributed by atoms with E-state index < -0.39 is 17.5 Å². The number of thiazole rings is 1. The van der Waals surface area contributed by atoms with E-state index in [-0.39, 0.29) is 40.2 Å². The molecule has 9 nitrogen and oxygen atoms in total. The van der Waals surface area contributed by atoms with Gasteiger partial charge in [0.1, 0.15) is 12.6 Å². The number of fused-ring (bicyclic) bond motifs is 1. The summed E-state index contributed by atoms with van der Waals surface area (Å²) in [4.78, 5) is 27.9. The Balaban J connectivity index is 1.46. The van der Waals surface area contributed by atoms with Crippen LogP contribution in [0.4, 0.5) is 4.39 Å². The van der Waals surface area contributed by atoms with Crippen LogP contribution in [0.25, 0.3) is 5.69 Å². The van der Waals surface area contributed by atoms with Gasteiger partial charge in [-0.1, -0.05) is 41.7 Å². The Labute approximate surface area is 183 Å². The highest BCUT2D eigenvalue weighted by atomic mass is 32.1. The van der Waals surface area contributed by atoms with Crippen molar-refractivity contribution in [2.24, 2.45) is 0 Å². The summed E-state index contributed by atoms with van der Waals surface area (Å²) in [5.41, 5.74) is 0.985. The van der Waals surface area contributed by atoms with Gasteiger partial charge < -0.3 is 14.6 Å². The monoisotopic (exact) mass is 454 g/mol. The first-order valence-electron chi connectivity index (χ1n) is 9.50. The molecule has 1 aliphatic heterocycles. The predicted octanol–water partition coefficient (Wildman–Crippen LogP) is 3.41. The third-order valence-corrected chi connectivity index (χ3v) is 5.97. The molecule has 0 saturated heterocycles. The van der Waals surface area contributed by atoms with E-state index in [1.54, 1.807) is 6.92 Å². The van der Waals surface area contributed by atoms with Crippen molar-refractivity contribution in [2.45, 2.75) is 13.0 Å². The lowest BCUT2D eigenvalue weighted by atomic mass is 10.1. The number of carboxylic acid groups (broad SMARTS) is 1. The number of aromatic nitrogens is 4. The molecule has 1 N–H and O–H groups in total. The minimum Gasteiger partial charge on any atom is -0.476 e. The van der Waals surface area contributed by atoms with Gasteiger partial charge in [-0.3, -0.25) is 0 Å². The second-order valence-corrected chi connectivity index (χ2v) is 7.96. The van der Waals surface area contributed by atoms with Crippen molar-refractivity contribution in [1.82, 2.24) is 19.3 Å². The van der Waals surface area contributed by atoms with Crippen LogP contribution < -0.4 is 15.2 Å². The fourth-order valence-corrected chi connectivity index (χ4v) is 4.19. The van der Waals surface area contributed by atoms with E-state index in [2.05, 4.69) is 10.1 Å². The molecule has 1 atom stereocenters. The summed E-state index contributed by atoms with van der Waals surface area (Å²) in [5.74, 6) is -2.06. The Morgan fingerprint density at radius 3 is 2.75 bits per heavy atom. The molecule has 0 unspecified atom stereocenters. The number of benzene rings is 2. The summed E-state index contributed by atoms with van der Waals surface area (Å²) in [5, 5.41) is 13.3. The average molecular weight is 454 g/mol. The van der Waals surface area contributed by atoms with Gasteiger partial charge in [0.2, 0.25) is 10.1 Å². The van der Waals surface area contributed by atoms with E-state index in [1.807, 2.05) is 30.3 Å². The van der Waals surface area contributed by atoms with Gasteiger partial charge in [0.25, 0.3) is 0 Å². The van der Waals surface area contributed by atoms with E-state index in [9.17, 15) is 14.0 Å². The van der Waals surface area contributed by atoms with Gasteiger partial charge in [0.15, 0.2) is 11.6 Å². The van der Waals surface area contributed by atoms with Crippen LogP contribution in [-0.4, -0.2) is 37.0 Å². The highest BCUT2D eigenvalue weighted by Gasteiger charge is 2.31. The van der Waals surface area contributed by atoms with Crippen molar-refractivity contribution >= 4 is 17.3 Å². The zero-order chi connectivity index (χ0) is 22.4. The highest BCUT2D eigenvalue weighted by molar-refractivity contribution is 7.15. The van der Waals surface area contributed by atoms with Crippen LogP contribution in [0.2, 0.25) is 0 Å². The van der Waals surface area contributed by atoms with Crippen LogP contribution in [-0.2, 0) is 0 Å². The first-order chi connectivity index (χ1) is 15.4. The van der Waals surface area contributed by atoms with E-state index in [0.717, 1.165) is 27.6 Å². The van der Waals surface area contributed by atoms with Crippen molar-refractivity contribution in [3.63, 3.8) is 0 Å². The van der Waals surface area contributed by atoms with E-state index in [1.165, 1.54) is 16.7 Å². The second-order valence-electron chi connectivity index (χ2n) is 7.00. The molecule has 0 spiro atoms. The Morgan fingerprint density at radius 1 is 1.28 bits per heavy atom. The number of aromatic carboxylic acids is 1. The molecule has 4 aromatic rings. The molecular formula is C21H15FN4O5S. The SMILES string of the molecule is Cc1nc(C(=O)O)sc1Oc1ccc(-n2nc3n(c2=O)[C@H](c2ccccc2)CO3)cc1F. The van der Waals surface area contributed by atoms with Gasteiger partial charge >= 0.3 is 17.7 Å². The molecule has 162 valence electrons. The third-order valence-electron chi connectivity index (χ3n) is 4.94. The van der Waals surface area contributed by atoms with Gasteiger partial charge in [-0.25, -0.2) is 23.5 Å². The zero-order valence-corrected chi connectivity index (χ0v) is 17.4. The summed E-state index contributed by atoms with van der Waals surface area (Å²) in [6.07, 6.45) is 0. The number of carbonyl (C=O) groups is 1. The number of nitrogens with zero attached hydrogens (tertiary/aromatic N) is 4. The normalized spacial score (nSPS) is 14.8. The number of rotatable bonds is 5. The van der Waals surface area contributed by atoms with Crippen molar-refractivity contribution in [3.8, 4) is 22.5 Å². The number of hydrogen-bond acceptors (Lipinski definition) is 7. The summed E-state index contributed by atoms with van der Waals surface area (Å²) in [7, 11) is 0. The molecule has 0 radical (unpaired) electrons. The van der Waals surface area contributed by atoms with Crippen LogP contribution >= 0.6 is 11.3 Å². The van der Waals surface area contributed by atoms with Crippen LogP contribution in [0, 0.1) is 12.7 Å². The largest absolute Gasteiger partial charge is 0.476 e. The lowest BCUT2D eigenvalue weighted by Crippen LogP contribution is -2.27. The quantitative estimate of drug-likeness (QED) is 0.492. The number of aryl methyl sites for hydroxylation is 1. The maximum Gasteiger partial charge on any atom is 0.365 e. The lowest BCUT2D eigenvalue weighted by Gasteiger charge is -2.10. The minimum atomic E-state index is -1.19. The Kier molecular flexibility index (Phi) is 4.74. The van der Waals surface area contributed by atoms with Crippen LogP contribution in [0.3, 0.4) is 0 Å². The standard InChI is InChI=1S/C21H15FN4O5S/c1-11-19(32-17(23-11)18(27)28)31-16-8-7-13(9-14(16)22)26-21(29)25-15(10-30-20(25)24-26)12-5-3-2-4-6-12/h2-9,15H,10H2,1H3,(H,27,28)/t15-/m0/s1. The Hall–Kier alpha value is -3.99. The predicted molar refractivity (Wildman–Crippen MR) is 112 cm³/mol. The molecule has 32 heavy (non-hydrogen) atoms. The minimum absolute atomic E-state index is 0.129.